The molecule has 1 aromatic carbocycles. The van der Waals surface area contributed by atoms with Crippen LogP contribution in [0.5, 0.6) is 0 Å². The molecule has 1 heterocycles. The highest BCUT2D eigenvalue weighted by molar-refractivity contribution is 5.75. The molecule has 1 aliphatic rings. The standard InChI is InChI=1S/C16H21N3/c1-12(13-7-3-2-4-8-13)18-16-11-17-14-9-5-6-10-15(14)19-16/h5-6,9-13H,2-4,7-8H2,1H3,(H,18,19). The van der Waals surface area contributed by atoms with E-state index >= 15 is 0 Å². The number of hydrogen-bond donors (Lipinski definition) is 1. The molecule has 1 saturated carbocycles. The molecule has 100 valence electrons. The monoisotopic (exact) mass is 255 g/mol. The zero-order valence-corrected chi connectivity index (χ0v) is 11.5. The van der Waals surface area contributed by atoms with Gasteiger partial charge in [-0.15, -0.1) is 0 Å². The van der Waals surface area contributed by atoms with E-state index in [2.05, 4.69) is 22.2 Å². The summed E-state index contributed by atoms with van der Waals surface area (Å²) in [7, 11) is 0. The molecule has 1 N–H and O–H groups in total. The van der Waals surface area contributed by atoms with Crippen LogP contribution in [-0.2, 0) is 0 Å². The second kappa shape index (κ2) is 5.55. The van der Waals surface area contributed by atoms with Crippen LogP contribution in [0.25, 0.3) is 11.0 Å². The Hall–Kier alpha value is -1.64. The zero-order chi connectivity index (χ0) is 13.1. The first-order valence-electron chi connectivity index (χ1n) is 7.31. The Labute approximate surface area is 114 Å². The molecule has 19 heavy (non-hydrogen) atoms. The lowest BCUT2D eigenvalue weighted by Crippen LogP contribution is -2.28. The molecule has 0 bridgehead atoms. The van der Waals surface area contributed by atoms with Crippen LogP contribution in [-0.4, -0.2) is 16.0 Å². The van der Waals surface area contributed by atoms with Crippen LogP contribution in [0.4, 0.5) is 5.82 Å². The smallest absolute Gasteiger partial charge is 0.145 e. The van der Waals surface area contributed by atoms with E-state index in [0.29, 0.717) is 6.04 Å². The minimum atomic E-state index is 0.482. The molecule has 1 aromatic heterocycles. The largest absolute Gasteiger partial charge is 0.366 e. The molecular formula is C16H21N3. The van der Waals surface area contributed by atoms with Crippen molar-refractivity contribution in [2.45, 2.75) is 45.1 Å². The van der Waals surface area contributed by atoms with E-state index in [9.17, 15) is 0 Å². The molecule has 2 aromatic rings. The molecule has 1 fully saturated rings. The van der Waals surface area contributed by atoms with Gasteiger partial charge in [0.05, 0.1) is 17.2 Å². The highest BCUT2D eigenvalue weighted by Gasteiger charge is 2.20. The van der Waals surface area contributed by atoms with Crippen molar-refractivity contribution < 1.29 is 0 Å². The van der Waals surface area contributed by atoms with E-state index in [4.69, 9.17) is 0 Å². The first-order valence-corrected chi connectivity index (χ1v) is 7.31. The molecule has 3 heteroatoms. The fraction of sp³-hybridized carbons (Fsp3) is 0.500. The van der Waals surface area contributed by atoms with Crippen molar-refractivity contribution in [1.82, 2.24) is 9.97 Å². The third-order valence-corrected chi connectivity index (χ3v) is 4.18. The fourth-order valence-corrected chi connectivity index (χ4v) is 3.01. The van der Waals surface area contributed by atoms with Crippen molar-refractivity contribution in [2.75, 3.05) is 5.32 Å². The van der Waals surface area contributed by atoms with Gasteiger partial charge in [0.25, 0.3) is 0 Å². The Bertz CT molecular complexity index is 546. The van der Waals surface area contributed by atoms with E-state index in [1.54, 1.807) is 0 Å². The van der Waals surface area contributed by atoms with Crippen molar-refractivity contribution in [3.05, 3.63) is 30.5 Å². The summed E-state index contributed by atoms with van der Waals surface area (Å²) < 4.78 is 0. The van der Waals surface area contributed by atoms with Crippen molar-refractivity contribution in [3.8, 4) is 0 Å². The van der Waals surface area contributed by atoms with Crippen molar-refractivity contribution in [1.29, 1.82) is 0 Å². The van der Waals surface area contributed by atoms with E-state index in [0.717, 1.165) is 22.8 Å². The molecule has 0 saturated heterocycles. The lowest BCUT2D eigenvalue weighted by molar-refractivity contribution is 0.328. The average molecular weight is 255 g/mol. The minimum absolute atomic E-state index is 0.482. The predicted molar refractivity (Wildman–Crippen MR) is 79.2 cm³/mol. The van der Waals surface area contributed by atoms with Crippen LogP contribution >= 0.6 is 0 Å². The summed E-state index contributed by atoms with van der Waals surface area (Å²) in [5.41, 5.74) is 1.92. The third kappa shape index (κ3) is 2.86. The number of hydrogen-bond acceptors (Lipinski definition) is 3. The maximum absolute atomic E-state index is 4.64. The molecule has 1 atom stereocenters. The van der Waals surface area contributed by atoms with Gasteiger partial charge in [0.15, 0.2) is 0 Å². The van der Waals surface area contributed by atoms with Crippen LogP contribution in [0.3, 0.4) is 0 Å². The highest BCUT2D eigenvalue weighted by atomic mass is 15.0. The summed E-state index contributed by atoms with van der Waals surface area (Å²) in [6.45, 7) is 2.27. The molecule has 0 spiro atoms. The van der Waals surface area contributed by atoms with E-state index in [1.165, 1.54) is 32.1 Å². The van der Waals surface area contributed by atoms with Gasteiger partial charge in [-0.25, -0.2) is 4.98 Å². The van der Waals surface area contributed by atoms with Gasteiger partial charge in [0, 0.05) is 6.04 Å². The Balaban J connectivity index is 1.73. The number of aromatic nitrogens is 2. The van der Waals surface area contributed by atoms with Gasteiger partial charge < -0.3 is 5.32 Å². The lowest BCUT2D eigenvalue weighted by Gasteiger charge is -2.28. The van der Waals surface area contributed by atoms with Crippen molar-refractivity contribution >= 4 is 16.9 Å². The van der Waals surface area contributed by atoms with Gasteiger partial charge in [0.2, 0.25) is 0 Å². The van der Waals surface area contributed by atoms with Gasteiger partial charge >= 0.3 is 0 Å². The number of nitrogens with one attached hydrogen (secondary N) is 1. The van der Waals surface area contributed by atoms with E-state index in [-0.39, 0.29) is 0 Å². The highest BCUT2D eigenvalue weighted by Crippen LogP contribution is 2.27. The molecule has 0 amide bonds. The summed E-state index contributed by atoms with van der Waals surface area (Å²) in [5.74, 6) is 1.68. The van der Waals surface area contributed by atoms with Crippen LogP contribution in [0.2, 0.25) is 0 Å². The maximum atomic E-state index is 4.64. The first-order chi connectivity index (χ1) is 9.33. The van der Waals surface area contributed by atoms with Crippen LogP contribution in [0.15, 0.2) is 30.5 Å². The topological polar surface area (TPSA) is 37.8 Å². The van der Waals surface area contributed by atoms with E-state index in [1.807, 2.05) is 30.5 Å². The van der Waals surface area contributed by atoms with Crippen LogP contribution in [0, 0.1) is 5.92 Å². The zero-order valence-electron chi connectivity index (χ0n) is 11.5. The number of rotatable bonds is 3. The number of fused-ring (bicyclic) bond motifs is 1. The predicted octanol–water partition coefficient (Wildman–Crippen LogP) is 4.01. The van der Waals surface area contributed by atoms with Crippen LogP contribution < -0.4 is 5.32 Å². The molecule has 1 unspecified atom stereocenters. The molecule has 3 rings (SSSR count). The number of benzene rings is 1. The van der Waals surface area contributed by atoms with Gasteiger partial charge in [-0.05, 0) is 37.8 Å². The lowest BCUT2D eigenvalue weighted by atomic mass is 9.84. The summed E-state index contributed by atoms with van der Waals surface area (Å²) in [5, 5.41) is 3.53. The summed E-state index contributed by atoms with van der Waals surface area (Å²) in [4.78, 5) is 9.09. The molecule has 3 nitrogen and oxygen atoms in total. The Morgan fingerprint density at radius 1 is 1.11 bits per heavy atom. The van der Waals surface area contributed by atoms with Crippen molar-refractivity contribution in [2.24, 2.45) is 5.92 Å². The summed E-state index contributed by atoms with van der Waals surface area (Å²) in [6, 6.07) is 8.49. The van der Waals surface area contributed by atoms with Crippen molar-refractivity contribution in [3.63, 3.8) is 0 Å². The van der Waals surface area contributed by atoms with Crippen LogP contribution in [0.1, 0.15) is 39.0 Å². The van der Waals surface area contributed by atoms with E-state index < -0.39 is 0 Å². The van der Waals surface area contributed by atoms with Gasteiger partial charge in [-0.2, -0.15) is 0 Å². The fourth-order valence-electron chi connectivity index (χ4n) is 3.01. The molecule has 1 aliphatic carbocycles. The normalized spacial score (nSPS) is 18.4. The summed E-state index contributed by atoms with van der Waals surface area (Å²) in [6.07, 6.45) is 8.69. The Morgan fingerprint density at radius 2 is 1.84 bits per heavy atom. The van der Waals surface area contributed by atoms with Gasteiger partial charge in [0.1, 0.15) is 5.82 Å². The average Bonchev–Trinajstić information content (AvgIpc) is 2.48. The summed E-state index contributed by atoms with van der Waals surface area (Å²) >= 11 is 0. The second-order valence-electron chi connectivity index (χ2n) is 5.58. The number of para-hydroxylation sites is 2. The SMILES string of the molecule is CC(Nc1cnc2ccccc2n1)C1CCCCC1. The number of anilines is 1. The maximum Gasteiger partial charge on any atom is 0.145 e. The first kappa shape index (κ1) is 12.4. The quantitative estimate of drug-likeness (QED) is 0.900. The minimum Gasteiger partial charge on any atom is -0.366 e. The third-order valence-electron chi connectivity index (χ3n) is 4.18. The van der Waals surface area contributed by atoms with Gasteiger partial charge in [-0.3, -0.25) is 4.98 Å². The second-order valence-corrected chi connectivity index (χ2v) is 5.58. The Morgan fingerprint density at radius 3 is 2.63 bits per heavy atom. The molecule has 0 aliphatic heterocycles. The molecule has 0 radical (unpaired) electrons. The molecular weight excluding hydrogens is 234 g/mol. The Kier molecular flexibility index (Phi) is 3.62. The van der Waals surface area contributed by atoms with Gasteiger partial charge in [-0.1, -0.05) is 31.4 Å². The number of nitrogens with zero attached hydrogens (tertiary/aromatic N) is 2.